The molecule has 1 aliphatic rings. The number of aryl methyl sites for hydroxylation is 1. The number of hydrogen-bond acceptors (Lipinski definition) is 3. The van der Waals surface area contributed by atoms with E-state index in [1.807, 2.05) is 18.2 Å². The number of fused-ring (bicyclic) bond motifs is 1. The molecule has 3 rings (SSSR count). The number of benzene rings is 2. The third kappa shape index (κ3) is 2.90. The molecule has 0 bridgehead atoms. The molecule has 112 valence electrons. The van der Waals surface area contributed by atoms with Gasteiger partial charge < -0.3 is 10.6 Å². The van der Waals surface area contributed by atoms with Crippen LogP contribution in [0.5, 0.6) is 0 Å². The molecular formula is C16H15N3O3. The number of rotatable bonds is 3. The highest BCUT2D eigenvalue weighted by molar-refractivity contribution is 5.90. The van der Waals surface area contributed by atoms with Crippen LogP contribution in [-0.4, -0.2) is 11.0 Å². The minimum absolute atomic E-state index is 0.0186. The molecule has 1 aliphatic carbocycles. The summed E-state index contributed by atoms with van der Waals surface area (Å²) in [6.45, 7) is 0. The summed E-state index contributed by atoms with van der Waals surface area (Å²) in [5.41, 5.74) is 2.74. The molecule has 0 aromatic heterocycles. The number of nitro groups is 1. The Balaban J connectivity index is 1.66. The Morgan fingerprint density at radius 2 is 2.00 bits per heavy atom. The van der Waals surface area contributed by atoms with E-state index in [0.717, 1.165) is 18.4 Å². The van der Waals surface area contributed by atoms with Gasteiger partial charge in [-0.15, -0.1) is 0 Å². The lowest BCUT2D eigenvalue weighted by Gasteiger charge is -2.14. The van der Waals surface area contributed by atoms with Crippen molar-refractivity contribution in [2.75, 3.05) is 5.32 Å². The Hall–Kier alpha value is -2.89. The summed E-state index contributed by atoms with van der Waals surface area (Å²) in [5, 5.41) is 16.3. The van der Waals surface area contributed by atoms with Crippen molar-refractivity contribution in [3.8, 4) is 0 Å². The molecule has 0 radical (unpaired) electrons. The molecule has 2 amide bonds. The molecule has 0 saturated carbocycles. The summed E-state index contributed by atoms with van der Waals surface area (Å²) in [5.74, 6) is 0. The first-order valence-electron chi connectivity index (χ1n) is 7.03. The van der Waals surface area contributed by atoms with Crippen LogP contribution in [0.4, 0.5) is 16.2 Å². The van der Waals surface area contributed by atoms with E-state index in [1.165, 1.54) is 17.7 Å². The first-order chi connectivity index (χ1) is 10.6. The third-order valence-corrected chi connectivity index (χ3v) is 3.75. The van der Waals surface area contributed by atoms with Crippen LogP contribution in [0.15, 0.2) is 48.5 Å². The quantitative estimate of drug-likeness (QED) is 0.672. The summed E-state index contributed by atoms with van der Waals surface area (Å²) in [6.07, 6.45) is 1.81. The average Bonchev–Trinajstić information content (AvgIpc) is 2.91. The van der Waals surface area contributed by atoms with Gasteiger partial charge in [0, 0.05) is 17.8 Å². The van der Waals surface area contributed by atoms with Crippen LogP contribution in [0.1, 0.15) is 23.6 Å². The molecule has 2 aromatic carbocycles. The molecule has 6 heteroatoms. The van der Waals surface area contributed by atoms with Crippen LogP contribution in [0, 0.1) is 10.1 Å². The second-order valence-corrected chi connectivity index (χ2v) is 5.20. The highest BCUT2D eigenvalue weighted by Gasteiger charge is 2.23. The monoisotopic (exact) mass is 297 g/mol. The minimum atomic E-state index is -0.490. The molecule has 0 spiro atoms. The van der Waals surface area contributed by atoms with Gasteiger partial charge in [0.1, 0.15) is 0 Å². The molecule has 2 aromatic rings. The van der Waals surface area contributed by atoms with Gasteiger partial charge in [0.2, 0.25) is 0 Å². The maximum Gasteiger partial charge on any atom is 0.319 e. The summed E-state index contributed by atoms with van der Waals surface area (Å²) < 4.78 is 0. The Kier molecular flexibility index (Phi) is 3.74. The predicted molar refractivity (Wildman–Crippen MR) is 82.8 cm³/mol. The van der Waals surface area contributed by atoms with Crippen LogP contribution < -0.4 is 10.6 Å². The van der Waals surface area contributed by atoms with Crippen molar-refractivity contribution in [3.63, 3.8) is 0 Å². The first kappa shape index (κ1) is 14.1. The molecule has 1 atom stereocenters. The van der Waals surface area contributed by atoms with E-state index in [4.69, 9.17) is 0 Å². The van der Waals surface area contributed by atoms with E-state index < -0.39 is 4.92 Å². The maximum absolute atomic E-state index is 12.1. The normalized spacial score (nSPS) is 15.9. The molecule has 1 unspecified atom stereocenters. The fourth-order valence-corrected chi connectivity index (χ4v) is 2.73. The number of non-ortho nitro benzene ring substituents is 1. The topological polar surface area (TPSA) is 84.3 Å². The second-order valence-electron chi connectivity index (χ2n) is 5.20. The SMILES string of the molecule is O=C(Nc1cccc([N+](=O)[O-])c1)NC1CCc2ccccc21. The first-order valence-corrected chi connectivity index (χ1v) is 7.03. The molecule has 6 nitrogen and oxygen atoms in total. The number of nitrogens with one attached hydrogen (secondary N) is 2. The van der Waals surface area contributed by atoms with Crippen LogP contribution in [0.25, 0.3) is 0 Å². The largest absolute Gasteiger partial charge is 0.331 e. The Morgan fingerprint density at radius 1 is 1.18 bits per heavy atom. The summed E-state index contributed by atoms with van der Waals surface area (Å²) in [7, 11) is 0. The van der Waals surface area contributed by atoms with Gasteiger partial charge in [0.15, 0.2) is 0 Å². The zero-order valence-corrected chi connectivity index (χ0v) is 11.8. The molecule has 2 N–H and O–H groups in total. The minimum Gasteiger partial charge on any atom is -0.331 e. The lowest BCUT2D eigenvalue weighted by Crippen LogP contribution is -2.31. The predicted octanol–water partition coefficient (Wildman–Crippen LogP) is 3.40. The number of amides is 2. The van der Waals surface area contributed by atoms with E-state index in [2.05, 4.69) is 16.7 Å². The number of carbonyl (C=O) groups is 1. The van der Waals surface area contributed by atoms with Crippen molar-refractivity contribution in [3.05, 3.63) is 69.8 Å². The maximum atomic E-state index is 12.1. The van der Waals surface area contributed by atoms with E-state index in [-0.39, 0.29) is 17.8 Å². The van der Waals surface area contributed by atoms with Crippen LogP contribution >= 0.6 is 0 Å². The number of carbonyl (C=O) groups excluding carboxylic acids is 1. The summed E-state index contributed by atoms with van der Waals surface area (Å²) >= 11 is 0. The average molecular weight is 297 g/mol. The summed E-state index contributed by atoms with van der Waals surface area (Å²) in [6, 6.07) is 13.5. The van der Waals surface area contributed by atoms with Gasteiger partial charge in [-0.25, -0.2) is 4.79 Å². The van der Waals surface area contributed by atoms with Crippen molar-refractivity contribution in [2.24, 2.45) is 0 Å². The molecule has 22 heavy (non-hydrogen) atoms. The van der Waals surface area contributed by atoms with E-state index in [9.17, 15) is 14.9 Å². The third-order valence-electron chi connectivity index (χ3n) is 3.75. The lowest BCUT2D eigenvalue weighted by atomic mass is 10.1. The van der Waals surface area contributed by atoms with Crippen molar-refractivity contribution in [2.45, 2.75) is 18.9 Å². The van der Waals surface area contributed by atoms with Crippen LogP contribution in [0.2, 0.25) is 0 Å². The fraction of sp³-hybridized carbons (Fsp3) is 0.188. The zero-order valence-electron chi connectivity index (χ0n) is 11.8. The highest BCUT2D eigenvalue weighted by Crippen LogP contribution is 2.30. The molecule has 0 heterocycles. The number of nitro benzene ring substituents is 1. The Labute approximate surface area is 127 Å². The Morgan fingerprint density at radius 3 is 2.82 bits per heavy atom. The number of urea groups is 1. The lowest BCUT2D eigenvalue weighted by molar-refractivity contribution is -0.384. The van der Waals surface area contributed by atoms with Gasteiger partial charge in [0.05, 0.1) is 11.0 Å². The number of nitrogens with zero attached hydrogens (tertiary/aromatic N) is 1. The van der Waals surface area contributed by atoms with Crippen LogP contribution in [0.3, 0.4) is 0 Å². The molecule has 0 saturated heterocycles. The van der Waals surface area contributed by atoms with Crippen molar-refractivity contribution in [1.82, 2.24) is 5.32 Å². The standard InChI is InChI=1S/C16H15N3O3/c20-16(17-12-5-3-6-13(10-12)19(21)22)18-15-9-8-11-4-1-2-7-14(11)15/h1-7,10,15H,8-9H2,(H2,17,18,20). The van der Waals surface area contributed by atoms with E-state index >= 15 is 0 Å². The number of hydrogen-bond donors (Lipinski definition) is 2. The molecule has 0 aliphatic heterocycles. The highest BCUT2D eigenvalue weighted by atomic mass is 16.6. The van der Waals surface area contributed by atoms with E-state index in [0.29, 0.717) is 5.69 Å². The van der Waals surface area contributed by atoms with Gasteiger partial charge in [-0.1, -0.05) is 30.3 Å². The number of anilines is 1. The van der Waals surface area contributed by atoms with Gasteiger partial charge in [-0.05, 0) is 30.0 Å². The van der Waals surface area contributed by atoms with Crippen molar-refractivity contribution in [1.29, 1.82) is 0 Å². The van der Waals surface area contributed by atoms with Gasteiger partial charge in [-0.2, -0.15) is 0 Å². The van der Waals surface area contributed by atoms with Crippen molar-refractivity contribution < 1.29 is 9.72 Å². The zero-order chi connectivity index (χ0) is 15.5. The van der Waals surface area contributed by atoms with E-state index in [1.54, 1.807) is 12.1 Å². The van der Waals surface area contributed by atoms with Gasteiger partial charge in [-0.3, -0.25) is 10.1 Å². The second kappa shape index (κ2) is 5.85. The smallest absolute Gasteiger partial charge is 0.319 e. The van der Waals surface area contributed by atoms with Crippen molar-refractivity contribution >= 4 is 17.4 Å². The fourth-order valence-electron chi connectivity index (χ4n) is 2.73. The molecule has 0 fully saturated rings. The van der Waals surface area contributed by atoms with Crippen LogP contribution in [-0.2, 0) is 6.42 Å². The Bertz CT molecular complexity index is 730. The van der Waals surface area contributed by atoms with Gasteiger partial charge in [0.25, 0.3) is 5.69 Å². The summed E-state index contributed by atoms with van der Waals surface area (Å²) in [4.78, 5) is 22.3. The van der Waals surface area contributed by atoms with Gasteiger partial charge >= 0.3 is 6.03 Å². The molecular weight excluding hydrogens is 282 g/mol.